The molecule has 3 rings (SSSR count). The minimum atomic E-state index is -1.07. The second-order valence-electron chi connectivity index (χ2n) is 5.98. The van der Waals surface area contributed by atoms with Crippen molar-refractivity contribution >= 4 is 11.9 Å². The van der Waals surface area contributed by atoms with Crippen molar-refractivity contribution in [2.45, 2.75) is 45.3 Å². The van der Waals surface area contributed by atoms with Gasteiger partial charge in [-0.1, -0.05) is 43.7 Å². The van der Waals surface area contributed by atoms with Gasteiger partial charge in [0, 0.05) is 6.54 Å². The van der Waals surface area contributed by atoms with Gasteiger partial charge in [0.05, 0.1) is 6.54 Å². The number of aromatic nitrogens is 4. The average molecular weight is 328 g/mol. The summed E-state index contributed by atoms with van der Waals surface area (Å²) in [6.07, 6.45) is 1.94. The number of benzene rings is 1. The van der Waals surface area contributed by atoms with Crippen LogP contribution in [0.3, 0.4) is 0 Å². The maximum Gasteiger partial charge on any atom is 0.325 e. The number of tetrazole rings is 1. The van der Waals surface area contributed by atoms with E-state index in [1.54, 1.807) is 11.6 Å². The lowest BCUT2D eigenvalue weighted by atomic mass is 9.92. The molecule has 8 nitrogen and oxygen atoms in total. The molecule has 0 radical (unpaired) electrons. The normalized spacial score (nSPS) is 20.5. The number of carbonyl (C=O) groups excluding carboxylic acids is 2. The van der Waals surface area contributed by atoms with E-state index >= 15 is 0 Å². The molecule has 3 amide bonds. The molecule has 24 heavy (non-hydrogen) atoms. The molecule has 1 saturated heterocycles. The molecule has 1 aliphatic rings. The van der Waals surface area contributed by atoms with Gasteiger partial charge in [0.2, 0.25) is 0 Å². The van der Waals surface area contributed by atoms with Crippen LogP contribution in [0.1, 0.15) is 38.1 Å². The monoisotopic (exact) mass is 328 g/mol. The standard InChI is InChI=1S/C16H20N6O2/c1-3-4-10-22-13(18-19-20-22)11-21-14(23)16(2,17-15(21)24)12-8-6-5-7-9-12/h5-9H,3-4,10-11H2,1-2H3,(H,17,24)/t16-/m1/s1. The number of rotatable bonds is 6. The molecule has 1 N–H and O–H groups in total. The number of carbonyl (C=O) groups is 2. The fourth-order valence-corrected chi connectivity index (χ4v) is 2.77. The molecular formula is C16H20N6O2. The number of unbranched alkanes of at least 4 members (excludes halogenated alkanes) is 1. The number of amides is 3. The van der Waals surface area contributed by atoms with Crippen molar-refractivity contribution in [1.29, 1.82) is 0 Å². The van der Waals surface area contributed by atoms with Gasteiger partial charge in [0.25, 0.3) is 5.91 Å². The van der Waals surface area contributed by atoms with Gasteiger partial charge < -0.3 is 5.32 Å². The summed E-state index contributed by atoms with van der Waals surface area (Å²) in [6, 6.07) is 8.77. The van der Waals surface area contributed by atoms with Crippen LogP contribution in [0, 0.1) is 0 Å². The summed E-state index contributed by atoms with van der Waals surface area (Å²) in [7, 11) is 0. The SMILES string of the molecule is CCCCn1nnnc1CN1C(=O)N[C@](C)(c2ccccc2)C1=O. The molecule has 1 fully saturated rings. The Labute approximate surface area is 139 Å². The number of imide groups is 1. The first-order chi connectivity index (χ1) is 11.6. The first kappa shape index (κ1) is 16.1. The quantitative estimate of drug-likeness (QED) is 0.810. The van der Waals surface area contributed by atoms with Gasteiger partial charge in [-0.25, -0.2) is 9.48 Å². The highest BCUT2D eigenvalue weighted by Gasteiger charge is 2.49. The van der Waals surface area contributed by atoms with E-state index in [1.165, 1.54) is 4.90 Å². The van der Waals surface area contributed by atoms with Gasteiger partial charge in [-0.05, 0) is 29.3 Å². The Morgan fingerprint density at radius 3 is 2.67 bits per heavy atom. The molecule has 8 heteroatoms. The molecule has 126 valence electrons. The van der Waals surface area contributed by atoms with Gasteiger partial charge in [-0.15, -0.1) is 5.10 Å². The zero-order valence-electron chi connectivity index (χ0n) is 13.8. The molecule has 0 aliphatic carbocycles. The summed E-state index contributed by atoms with van der Waals surface area (Å²) < 4.78 is 1.64. The van der Waals surface area contributed by atoms with Crippen molar-refractivity contribution in [3.63, 3.8) is 0 Å². The van der Waals surface area contributed by atoms with Gasteiger partial charge in [0.1, 0.15) is 5.54 Å². The van der Waals surface area contributed by atoms with Crippen LogP contribution < -0.4 is 5.32 Å². The van der Waals surface area contributed by atoms with Crippen molar-refractivity contribution in [1.82, 2.24) is 30.4 Å². The average Bonchev–Trinajstić information content (AvgIpc) is 3.12. The van der Waals surface area contributed by atoms with Crippen LogP contribution in [0.25, 0.3) is 0 Å². The number of hydrogen-bond acceptors (Lipinski definition) is 5. The molecule has 2 aromatic rings. The summed E-state index contributed by atoms with van der Waals surface area (Å²) in [5, 5.41) is 14.3. The van der Waals surface area contributed by atoms with Crippen LogP contribution in [0.15, 0.2) is 30.3 Å². The Morgan fingerprint density at radius 1 is 1.21 bits per heavy atom. The first-order valence-electron chi connectivity index (χ1n) is 8.01. The Bertz CT molecular complexity index is 744. The van der Waals surface area contributed by atoms with Crippen molar-refractivity contribution in [3.05, 3.63) is 41.7 Å². The molecule has 1 atom stereocenters. The predicted molar refractivity (Wildman–Crippen MR) is 85.6 cm³/mol. The summed E-state index contributed by atoms with van der Waals surface area (Å²) in [5.41, 5.74) is -0.323. The van der Waals surface area contributed by atoms with Crippen molar-refractivity contribution in [2.24, 2.45) is 0 Å². The lowest BCUT2D eigenvalue weighted by Crippen LogP contribution is -2.40. The van der Waals surface area contributed by atoms with Gasteiger partial charge in [-0.3, -0.25) is 9.69 Å². The number of urea groups is 1. The third kappa shape index (κ3) is 2.75. The third-order valence-corrected chi connectivity index (χ3v) is 4.26. The summed E-state index contributed by atoms with van der Waals surface area (Å²) >= 11 is 0. The maximum atomic E-state index is 12.9. The molecule has 0 bridgehead atoms. The molecule has 1 aliphatic heterocycles. The van der Waals surface area contributed by atoms with Crippen LogP contribution in [0.5, 0.6) is 0 Å². The first-order valence-corrected chi connectivity index (χ1v) is 8.01. The fraction of sp³-hybridized carbons (Fsp3) is 0.438. The molecule has 0 saturated carbocycles. The Balaban J connectivity index is 1.82. The second kappa shape index (κ2) is 6.38. The highest BCUT2D eigenvalue weighted by Crippen LogP contribution is 2.29. The lowest BCUT2D eigenvalue weighted by molar-refractivity contribution is -0.131. The summed E-state index contributed by atoms with van der Waals surface area (Å²) in [5.74, 6) is 0.202. The van der Waals surface area contributed by atoms with Crippen LogP contribution in [-0.2, 0) is 23.4 Å². The van der Waals surface area contributed by atoms with Crippen molar-refractivity contribution < 1.29 is 9.59 Å². The smallest absolute Gasteiger partial charge is 0.319 e. The minimum absolute atomic E-state index is 0.0593. The summed E-state index contributed by atoms with van der Waals surface area (Å²) in [6.45, 7) is 4.51. The molecule has 2 heterocycles. The van der Waals surface area contributed by atoms with Gasteiger partial charge in [-0.2, -0.15) is 0 Å². The molecule has 0 spiro atoms. The lowest BCUT2D eigenvalue weighted by Gasteiger charge is -2.22. The van der Waals surface area contributed by atoms with E-state index in [1.807, 2.05) is 30.3 Å². The Kier molecular flexibility index (Phi) is 4.28. The molecule has 1 aromatic carbocycles. The molecular weight excluding hydrogens is 308 g/mol. The number of nitrogens with one attached hydrogen (secondary N) is 1. The number of aryl methyl sites for hydroxylation is 1. The van der Waals surface area contributed by atoms with E-state index < -0.39 is 11.6 Å². The van der Waals surface area contributed by atoms with E-state index in [-0.39, 0.29) is 12.5 Å². The molecule has 0 unspecified atom stereocenters. The highest BCUT2D eigenvalue weighted by atomic mass is 16.2. The maximum absolute atomic E-state index is 12.9. The predicted octanol–water partition coefficient (Wildman–Crippen LogP) is 1.44. The number of hydrogen-bond donors (Lipinski definition) is 1. The van der Waals surface area contributed by atoms with Crippen LogP contribution >= 0.6 is 0 Å². The largest absolute Gasteiger partial charge is 0.325 e. The zero-order chi connectivity index (χ0) is 17.2. The number of nitrogens with zero attached hydrogens (tertiary/aromatic N) is 5. The highest BCUT2D eigenvalue weighted by molar-refractivity contribution is 6.07. The molecule has 1 aromatic heterocycles. The van der Waals surface area contributed by atoms with Gasteiger partial charge >= 0.3 is 6.03 Å². The second-order valence-corrected chi connectivity index (χ2v) is 5.98. The summed E-state index contributed by atoms with van der Waals surface area (Å²) in [4.78, 5) is 26.4. The van der Waals surface area contributed by atoms with Crippen molar-refractivity contribution in [3.8, 4) is 0 Å². The zero-order valence-corrected chi connectivity index (χ0v) is 13.8. The van der Waals surface area contributed by atoms with Crippen LogP contribution in [0.2, 0.25) is 0 Å². The minimum Gasteiger partial charge on any atom is -0.319 e. The fourth-order valence-electron chi connectivity index (χ4n) is 2.77. The van der Waals surface area contributed by atoms with E-state index in [0.29, 0.717) is 12.4 Å². The Hall–Kier alpha value is -2.77. The Morgan fingerprint density at radius 2 is 1.96 bits per heavy atom. The topological polar surface area (TPSA) is 93.0 Å². The van der Waals surface area contributed by atoms with Crippen LogP contribution in [0.4, 0.5) is 4.79 Å². The van der Waals surface area contributed by atoms with E-state index in [4.69, 9.17) is 0 Å². The van der Waals surface area contributed by atoms with E-state index in [9.17, 15) is 9.59 Å². The van der Waals surface area contributed by atoms with E-state index in [0.717, 1.165) is 18.4 Å². The van der Waals surface area contributed by atoms with Crippen molar-refractivity contribution in [2.75, 3.05) is 0 Å². The van der Waals surface area contributed by atoms with Gasteiger partial charge in [0.15, 0.2) is 5.82 Å². The third-order valence-electron chi connectivity index (χ3n) is 4.26. The van der Waals surface area contributed by atoms with E-state index in [2.05, 4.69) is 27.8 Å². The van der Waals surface area contributed by atoms with Crippen LogP contribution in [-0.4, -0.2) is 37.0 Å².